The van der Waals surface area contributed by atoms with E-state index in [2.05, 4.69) is 21.3 Å². The molecule has 4 aromatic rings. The summed E-state index contributed by atoms with van der Waals surface area (Å²) in [6.45, 7) is 7.50. The number of rotatable bonds is 15. The number of urea groups is 1. The Labute approximate surface area is 333 Å². The largest absolute Gasteiger partial charge is 0.489 e. The molecule has 0 unspecified atom stereocenters. The van der Waals surface area contributed by atoms with Crippen LogP contribution in [0.3, 0.4) is 0 Å². The van der Waals surface area contributed by atoms with Crippen LogP contribution in [0.1, 0.15) is 74.8 Å². The Bertz CT molecular complexity index is 2340. The first kappa shape index (κ1) is 41.2. The van der Waals surface area contributed by atoms with Gasteiger partial charge in [0.05, 0.1) is 29.0 Å². The van der Waals surface area contributed by atoms with Crippen LogP contribution >= 0.6 is 0 Å². The van der Waals surface area contributed by atoms with Gasteiger partial charge >= 0.3 is 18.1 Å². The van der Waals surface area contributed by atoms with Gasteiger partial charge in [0.15, 0.2) is 5.60 Å². The smallest absolute Gasteiger partial charge is 0.405 e. The first-order valence-corrected chi connectivity index (χ1v) is 19.1. The number of esters is 1. The zero-order valence-corrected chi connectivity index (χ0v) is 32.6. The van der Waals surface area contributed by atoms with Crippen LogP contribution in [0.5, 0.6) is 5.75 Å². The maximum Gasteiger partial charge on any atom is 0.405 e. The number of primary amides is 1. The summed E-state index contributed by atoms with van der Waals surface area (Å²) in [5.41, 5.74) is 8.44. The number of amides is 5. The number of pyridine rings is 2. The Morgan fingerprint density at radius 2 is 1.76 bits per heavy atom. The highest BCUT2D eigenvalue weighted by Crippen LogP contribution is 2.41. The Hall–Kier alpha value is -6.49. The maximum atomic E-state index is 13.7. The summed E-state index contributed by atoms with van der Waals surface area (Å²) in [4.78, 5) is 79.9. The van der Waals surface area contributed by atoms with E-state index in [0.717, 1.165) is 22.1 Å². The lowest BCUT2D eigenvalue weighted by Crippen LogP contribution is -2.54. The lowest BCUT2D eigenvalue weighted by molar-refractivity contribution is -0.172. The number of aryl methyl sites for hydroxylation is 1. The highest BCUT2D eigenvalue weighted by atomic mass is 16.6. The number of fused-ring (bicyclic) bond motifs is 5. The summed E-state index contributed by atoms with van der Waals surface area (Å²) in [6.07, 6.45) is -0.222. The second kappa shape index (κ2) is 16.9. The minimum absolute atomic E-state index is 0.0564. The second-order valence-electron chi connectivity index (χ2n) is 14.7. The molecule has 0 spiro atoms. The van der Waals surface area contributed by atoms with Gasteiger partial charge in [0.1, 0.15) is 31.0 Å². The number of nitrogens with two attached hydrogens (primary N) is 1. The molecule has 2 aromatic heterocycles. The summed E-state index contributed by atoms with van der Waals surface area (Å²) in [6, 6.07) is 11.4. The molecule has 0 bridgehead atoms. The van der Waals surface area contributed by atoms with E-state index in [0.29, 0.717) is 41.2 Å². The van der Waals surface area contributed by atoms with Crippen molar-refractivity contribution in [2.24, 2.45) is 11.7 Å². The van der Waals surface area contributed by atoms with Crippen LogP contribution in [-0.2, 0) is 50.9 Å². The predicted octanol–water partition coefficient (Wildman–Crippen LogP) is 3.39. The van der Waals surface area contributed by atoms with Crippen molar-refractivity contribution in [2.45, 2.75) is 90.8 Å². The summed E-state index contributed by atoms with van der Waals surface area (Å²) in [5, 5.41) is 31.3. The van der Waals surface area contributed by atoms with Crippen molar-refractivity contribution in [3.8, 4) is 17.1 Å². The van der Waals surface area contributed by atoms with Gasteiger partial charge < -0.3 is 51.3 Å². The first-order chi connectivity index (χ1) is 27.6. The van der Waals surface area contributed by atoms with E-state index < -0.39 is 53.5 Å². The van der Waals surface area contributed by atoms with Crippen LogP contribution in [0.2, 0.25) is 0 Å². The highest BCUT2D eigenvalue weighted by molar-refractivity contribution is 5.98. The number of cyclic esters (lactones) is 1. The molecule has 58 heavy (non-hydrogen) atoms. The Balaban J connectivity index is 1.15. The lowest BCUT2D eigenvalue weighted by Gasteiger charge is -2.31. The van der Waals surface area contributed by atoms with Crippen molar-refractivity contribution in [3.63, 3.8) is 0 Å². The van der Waals surface area contributed by atoms with Crippen molar-refractivity contribution >= 4 is 46.5 Å². The van der Waals surface area contributed by atoms with Gasteiger partial charge in [-0.25, -0.2) is 19.4 Å². The number of nitrogens with zero attached hydrogens (tertiary/aromatic N) is 2. The second-order valence-corrected chi connectivity index (χ2v) is 14.7. The molecular formula is C41H47N7O10. The normalized spacial score (nSPS) is 16.3. The molecule has 306 valence electrons. The Morgan fingerprint density at radius 1 is 1.02 bits per heavy atom. The van der Waals surface area contributed by atoms with Gasteiger partial charge in [0.2, 0.25) is 11.8 Å². The average molecular weight is 798 g/mol. The van der Waals surface area contributed by atoms with Gasteiger partial charge in [-0.1, -0.05) is 39.8 Å². The number of ether oxygens (including phenoxy) is 2. The quantitative estimate of drug-likeness (QED) is 0.0597. The lowest BCUT2D eigenvalue weighted by atomic mass is 9.86. The fourth-order valence-corrected chi connectivity index (χ4v) is 7.43. The number of benzene rings is 2. The third-order valence-electron chi connectivity index (χ3n) is 10.6. The zero-order chi connectivity index (χ0) is 41.9. The first-order valence-electron chi connectivity index (χ1n) is 19.1. The standard InChI is InChI=1S/C41H47N7O10/c1-5-25-26-16-24(13-14-30(26)45-34-27(25)18-48-32(34)17-29-28(37(48)51)20-58-38(52)41(29,56)6-2)57-19-22-9-11-23(12-10-22)44-35(49)31(8-7-15-43-39(42)53)46-36(50)33(21(3)4)47-40(54)55/h9-14,16-17,21,31,33,47,56H,5-8,15,18-20H2,1-4H3,(H,44,49)(H,46,50)(H,54,55)(H3,42,43,53)/t31-,33-,41-/m0/s1. The molecule has 0 aliphatic carbocycles. The van der Waals surface area contributed by atoms with E-state index >= 15 is 0 Å². The fraction of sp³-hybridized carbons (Fsp3) is 0.390. The molecule has 3 atom stereocenters. The van der Waals surface area contributed by atoms with Crippen molar-refractivity contribution in [2.75, 3.05) is 11.9 Å². The van der Waals surface area contributed by atoms with Crippen molar-refractivity contribution in [3.05, 3.63) is 86.7 Å². The molecule has 0 radical (unpaired) electrons. The van der Waals surface area contributed by atoms with Crippen LogP contribution in [0.15, 0.2) is 53.3 Å². The van der Waals surface area contributed by atoms with E-state index in [1.54, 1.807) is 61.7 Å². The predicted molar refractivity (Wildman–Crippen MR) is 212 cm³/mol. The van der Waals surface area contributed by atoms with Crippen LogP contribution in [0.4, 0.5) is 15.3 Å². The van der Waals surface area contributed by atoms with E-state index in [1.807, 2.05) is 19.1 Å². The molecular weight excluding hydrogens is 750 g/mol. The summed E-state index contributed by atoms with van der Waals surface area (Å²) in [7, 11) is 0. The molecule has 17 heteroatoms. The molecule has 0 saturated carbocycles. The van der Waals surface area contributed by atoms with Crippen LogP contribution in [0.25, 0.3) is 22.3 Å². The number of hydrogen-bond acceptors (Lipinski definition) is 10. The SMILES string of the molecule is CCc1c2c(nc3ccc(OCc4ccc(NC(=O)[C@H](CCCNC(N)=O)NC(=O)[C@@H](NC(=O)O)C(C)C)cc4)cc13)-c1cc3c(c(=O)n1C2)COC(=O)[C@]3(O)CC. The molecule has 2 aliphatic rings. The topological polar surface area (TPSA) is 253 Å². The molecule has 6 rings (SSSR count). The summed E-state index contributed by atoms with van der Waals surface area (Å²) < 4.78 is 13.0. The molecule has 4 heterocycles. The molecule has 17 nitrogen and oxygen atoms in total. The van der Waals surface area contributed by atoms with E-state index in [-0.39, 0.29) is 55.8 Å². The van der Waals surface area contributed by atoms with Crippen molar-refractivity contribution in [1.29, 1.82) is 0 Å². The number of hydrogen-bond donors (Lipinski definition) is 7. The molecule has 0 saturated heterocycles. The van der Waals surface area contributed by atoms with Crippen molar-refractivity contribution in [1.82, 2.24) is 25.5 Å². The van der Waals surface area contributed by atoms with Gasteiger partial charge in [-0.05, 0) is 79.1 Å². The zero-order valence-electron chi connectivity index (χ0n) is 32.6. The maximum absolute atomic E-state index is 13.7. The Kier molecular flexibility index (Phi) is 12.0. The summed E-state index contributed by atoms with van der Waals surface area (Å²) >= 11 is 0. The molecule has 2 aromatic carbocycles. The van der Waals surface area contributed by atoms with E-state index in [1.165, 1.54) is 0 Å². The number of nitrogens with one attached hydrogen (secondary N) is 4. The van der Waals surface area contributed by atoms with Gasteiger partial charge in [-0.2, -0.15) is 0 Å². The van der Waals surface area contributed by atoms with Crippen LogP contribution < -0.4 is 37.3 Å². The van der Waals surface area contributed by atoms with Crippen LogP contribution in [-0.4, -0.2) is 68.3 Å². The monoisotopic (exact) mass is 797 g/mol. The van der Waals surface area contributed by atoms with Gasteiger partial charge in [-0.15, -0.1) is 0 Å². The molecule has 8 N–H and O–H groups in total. The molecule has 0 fully saturated rings. The fourth-order valence-electron chi connectivity index (χ4n) is 7.43. The number of carboxylic acid groups (broad SMARTS) is 1. The minimum Gasteiger partial charge on any atom is -0.489 e. The number of anilines is 1. The van der Waals surface area contributed by atoms with E-state index in [9.17, 15) is 39.0 Å². The summed E-state index contributed by atoms with van der Waals surface area (Å²) in [5.74, 6) is -1.76. The molecule has 5 amide bonds. The number of carbonyl (C=O) groups is 5. The Morgan fingerprint density at radius 3 is 2.41 bits per heavy atom. The van der Waals surface area contributed by atoms with Gasteiger partial charge in [-0.3, -0.25) is 14.4 Å². The number of carbonyl (C=O) groups excluding carboxylic acids is 4. The number of aliphatic hydroxyl groups is 1. The van der Waals surface area contributed by atoms with Crippen molar-refractivity contribution < 1.29 is 43.7 Å². The third kappa shape index (κ3) is 8.30. The van der Waals surface area contributed by atoms with E-state index in [4.69, 9.17) is 20.2 Å². The van der Waals surface area contributed by atoms with Gasteiger partial charge in [0, 0.05) is 28.7 Å². The molecule has 2 aliphatic heterocycles. The van der Waals surface area contributed by atoms with Gasteiger partial charge in [0.25, 0.3) is 5.56 Å². The van der Waals surface area contributed by atoms with Crippen LogP contribution in [0, 0.1) is 5.92 Å². The number of aromatic nitrogens is 2. The minimum atomic E-state index is -1.91. The third-order valence-corrected chi connectivity index (χ3v) is 10.6. The highest BCUT2D eigenvalue weighted by Gasteiger charge is 2.45. The average Bonchev–Trinajstić information content (AvgIpc) is 3.56.